The molecule has 0 aromatic heterocycles. The molecule has 1 aromatic carbocycles. The Morgan fingerprint density at radius 1 is 1.30 bits per heavy atom. The summed E-state index contributed by atoms with van der Waals surface area (Å²) >= 11 is 0. The zero-order valence-electron chi connectivity index (χ0n) is 11.9. The summed E-state index contributed by atoms with van der Waals surface area (Å²) in [5.74, 6) is -0.506. The number of rotatable bonds is 3. The van der Waals surface area contributed by atoms with Gasteiger partial charge in [-0.1, -0.05) is 6.07 Å². The number of nitrogens with one attached hydrogen (secondary N) is 1. The van der Waals surface area contributed by atoms with E-state index in [0.717, 1.165) is 11.1 Å². The van der Waals surface area contributed by atoms with Crippen LogP contribution in [0.5, 0.6) is 0 Å². The van der Waals surface area contributed by atoms with Crippen molar-refractivity contribution in [3.8, 4) is 0 Å². The van der Waals surface area contributed by atoms with Crippen LogP contribution in [0.4, 0.5) is 0 Å². The first kappa shape index (κ1) is 15.0. The molecule has 2 rings (SSSR count). The average molecular weight is 297 g/mol. The van der Waals surface area contributed by atoms with E-state index < -0.39 is 21.3 Å². The van der Waals surface area contributed by atoms with Crippen LogP contribution < -0.4 is 4.72 Å². The van der Waals surface area contributed by atoms with Crippen molar-refractivity contribution < 1.29 is 17.9 Å². The molecule has 0 saturated carbocycles. The van der Waals surface area contributed by atoms with Crippen LogP contribution in [0.3, 0.4) is 0 Å². The molecule has 5 nitrogen and oxygen atoms in total. The third-order valence-electron chi connectivity index (χ3n) is 3.78. The standard InChI is InChI=1S/C14H19NO4S/c1-10-4-5-12(8-11(10)2)20(17,18)15-13(16)14(3)6-7-19-9-14/h4-5,8H,6-7,9H2,1-3H3,(H,15,16). The quantitative estimate of drug-likeness (QED) is 0.918. The second-order valence-corrected chi connectivity index (χ2v) is 7.23. The molecule has 1 aliphatic heterocycles. The van der Waals surface area contributed by atoms with Crippen LogP contribution in [0.2, 0.25) is 0 Å². The zero-order chi connectivity index (χ0) is 15.0. The Kier molecular flexibility index (Phi) is 3.88. The van der Waals surface area contributed by atoms with Crippen molar-refractivity contribution >= 4 is 15.9 Å². The highest BCUT2D eigenvalue weighted by atomic mass is 32.2. The minimum Gasteiger partial charge on any atom is -0.380 e. The fourth-order valence-electron chi connectivity index (χ4n) is 2.03. The van der Waals surface area contributed by atoms with Gasteiger partial charge >= 0.3 is 0 Å². The summed E-state index contributed by atoms with van der Waals surface area (Å²) in [4.78, 5) is 12.2. The van der Waals surface area contributed by atoms with Crippen LogP contribution in [-0.4, -0.2) is 27.5 Å². The summed E-state index contributed by atoms with van der Waals surface area (Å²) in [6.07, 6.45) is 0.529. The number of benzene rings is 1. The number of hydrogen-bond donors (Lipinski definition) is 1. The lowest BCUT2D eigenvalue weighted by atomic mass is 9.89. The van der Waals surface area contributed by atoms with Crippen molar-refractivity contribution in [2.45, 2.75) is 32.1 Å². The summed E-state index contributed by atoms with van der Waals surface area (Å²) < 4.78 is 31.8. The molecule has 0 spiro atoms. The van der Waals surface area contributed by atoms with Crippen molar-refractivity contribution in [2.24, 2.45) is 5.41 Å². The van der Waals surface area contributed by atoms with Gasteiger partial charge in [0.2, 0.25) is 5.91 Å². The molecule has 1 fully saturated rings. The van der Waals surface area contributed by atoms with Gasteiger partial charge in [0.15, 0.2) is 0 Å². The Morgan fingerprint density at radius 3 is 2.55 bits per heavy atom. The van der Waals surface area contributed by atoms with E-state index in [0.29, 0.717) is 13.0 Å². The molecule has 20 heavy (non-hydrogen) atoms. The number of sulfonamides is 1. The Balaban J connectivity index is 2.23. The highest BCUT2D eigenvalue weighted by Crippen LogP contribution is 2.28. The van der Waals surface area contributed by atoms with Crippen LogP contribution in [-0.2, 0) is 19.6 Å². The van der Waals surface area contributed by atoms with Gasteiger partial charge in [-0.2, -0.15) is 0 Å². The van der Waals surface area contributed by atoms with Crippen LogP contribution in [0.1, 0.15) is 24.5 Å². The lowest BCUT2D eigenvalue weighted by Gasteiger charge is -2.20. The van der Waals surface area contributed by atoms with Crippen LogP contribution in [0, 0.1) is 19.3 Å². The molecule has 1 unspecified atom stereocenters. The van der Waals surface area contributed by atoms with Gasteiger partial charge in [-0.15, -0.1) is 0 Å². The molecule has 1 amide bonds. The third kappa shape index (κ3) is 2.86. The Hall–Kier alpha value is -1.40. The van der Waals surface area contributed by atoms with E-state index in [1.807, 2.05) is 13.8 Å². The van der Waals surface area contributed by atoms with Gasteiger partial charge in [-0.25, -0.2) is 13.1 Å². The zero-order valence-corrected chi connectivity index (χ0v) is 12.7. The number of ether oxygens (including phenoxy) is 1. The van der Waals surface area contributed by atoms with Crippen molar-refractivity contribution in [1.29, 1.82) is 0 Å². The first-order valence-electron chi connectivity index (χ1n) is 6.47. The summed E-state index contributed by atoms with van der Waals surface area (Å²) in [6.45, 7) is 6.18. The maximum atomic E-state index is 12.2. The van der Waals surface area contributed by atoms with Crippen LogP contribution >= 0.6 is 0 Å². The van der Waals surface area contributed by atoms with E-state index >= 15 is 0 Å². The van der Waals surface area contributed by atoms with E-state index in [1.165, 1.54) is 6.07 Å². The largest absolute Gasteiger partial charge is 0.380 e. The second-order valence-electron chi connectivity index (χ2n) is 5.54. The first-order valence-corrected chi connectivity index (χ1v) is 7.95. The van der Waals surface area contributed by atoms with E-state index in [9.17, 15) is 13.2 Å². The molecule has 0 bridgehead atoms. The van der Waals surface area contributed by atoms with Crippen molar-refractivity contribution in [1.82, 2.24) is 4.72 Å². The summed E-state index contributed by atoms with van der Waals surface area (Å²) in [5.41, 5.74) is 1.11. The molecule has 110 valence electrons. The van der Waals surface area contributed by atoms with E-state index in [2.05, 4.69) is 4.72 Å². The van der Waals surface area contributed by atoms with Gasteiger partial charge in [-0.05, 0) is 50.5 Å². The fraction of sp³-hybridized carbons (Fsp3) is 0.500. The molecule has 1 saturated heterocycles. The molecule has 1 aromatic rings. The van der Waals surface area contributed by atoms with E-state index in [1.54, 1.807) is 19.1 Å². The Labute approximate surface area is 119 Å². The number of carbonyl (C=O) groups excluding carboxylic acids is 1. The maximum absolute atomic E-state index is 12.2. The van der Waals surface area contributed by atoms with Crippen molar-refractivity contribution in [2.75, 3.05) is 13.2 Å². The van der Waals surface area contributed by atoms with Crippen molar-refractivity contribution in [3.05, 3.63) is 29.3 Å². The molecule has 1 N–H and O–H groups in total. The predicted octanol–water partition coefficient (Wildman–Crippen LogP) is 1.53. The van der Waals surface area contributed by atoms with Gasteiger partial charge in [0.25, 0.3) is 10.0 Å². The molecule has 0 radical (unpaired) electrons. The number of carbonyl (C=O) groups is 1. The Morgan fingerprint density at radius 2 is 2.00 bits per heavy atom. The molecule has 1 atom stereocenters. The monoisotopic (exact) mass is 297 g/mol. The molecule has 6 heteroatoms. The van der Waals surface area contributed by atoms with Gasteiger partial charge in [0, 0.05) is 6.61 Å². The summed E-state index contributed by atoms with van der Waals surface area (Å²) in [6, 6.07) is 4.80. The molecule has 1 heterocycles. The molecule has 1 aliphatic rings. The number of aryl methyl sites for hydroxylation is 2. The summed E-state index contributed by atoms with van der Waals surface area (Å²) in [7, 11) is -3.83. The molecular weight excluding hydrogens is 278 g/mol. The highest BCUT2D eigenvalue weighted by molar-refractivity contribution is 7.90. The average Bonchev–Trinajstić information content (AvgIpc) is 2.80. The first-order chi connectivity index (χ1) is 9.24. The van der Waals surface area contributed by atoms with Crippen LogP contribution in [0.25, 0.3) is 0 Å². The van der Waals surface area contributed by atoms with Crippen LogP contribution in [0.15, 0.2) is 23.1 Å². The number of hydrogen-bond acceptors (Lipinski definition) is 4. The van der Waals surface area contributed by atoms with Gasteiger partial charge in [-0.3, -0.25) is 4.79 Å². The number of amides is 1. The molecule has 0 aliphatic carbocycles. The fourth-order valence-corrected chi connectivity index (χ4v) is 3.22. The topological polar surface area (TPSA) is 72.5 Å². The van der Waals surface area contributed by atoms with E-state index in [-0.39, 0.29) is 11.5 Å². The van der Waals surface area contributed by atoms with Gasteiger partial charge in [0.05, 0.1) is 16.9 Å². The molecular formula is C14H19NO4S. The minimum atomic E-state index is -3.83. The SMILES string of the molecule is Cc1ccc(S(=O)(=O)NC(=O)C2(C)CCOC2)cc1C. The smallest absolute Gasteiger partial charge is 0.264 e. The lowest BCUT2D eigenvalue weighted by Crippen LogP contribution is -2.42. The lowest BCUT2D eigenvalue weighted by molar-refractivity contribution is -0.128. The predicted molar refractivity (Wildman–Crippen MR) is 74.8 cm³/mol. The van der Waals surface area contributed by atoms with E-state index in [4.69, 9.17) is 4.74 Å². The highest BCUT2D eigenvalue weighted by Gasteiger charge is 2.39. The normalized spacial score (nSPS) is 22.8. The van der Waals surface area contributed by atoms with Crippen molar-refractivity contribution in [3.63, 3.8) is 0 Å². The second kappa shape index (κ2) is 5.18. The van der Waals surface area contributed by atoms with Gasteiger partial charge < -0.3 is 4.74 Å². The maximum Gasteiger partial charge on any atom is 0.264 e. The third-order valence-corrected chi connectivity index (χ3v) is 5.11. The minimum absolute atomic E-state index is 0.108. The van der Waals surface area contributed by atoms with Gasteiger partial charge in [0.1, 0.15) is 0 Å². The summed E-state index contributed by atoms with van der Waals surface area (Å²) in [5, 5.41) is 0. The Bertz CT molecular complexity index is 631.